The van der Waals surface area contributed by atoms with E-state index in [1.54, 1.807) is 0 Å². The Hall–Kier alpha value is -0.730. The number of nitrogens with two attached hydrogens (primary N) is 1. The van der Waals surface area contributed by atoms with Crippen LogP contribution in [0.4, 0.5) is 0 Å². The smallest absolute Gasteiger partial charge is 0.191 e. The maximum Gasteiger partial charge on any atom is 0.191 e. The van der Waals surface area contributed by atoms with Gasteiger partial charge < -0.3 is 10.6 Å². The van der Waals surface area contributed by atoms with Crippen molar-refractivity contribution in [3.8, 4) is 0 Å². The highest BCUT2D eigenvalue weighted by molar-refractivity contribution is 5.78. The van der Waals surface area contributed by atoms with E-state index in [2.05, 4.69) is 9.89 Å². The van der Waals surface area contributed by atoms with Gasteiger partial charge in [0.25, 0.3) is 0 Å². The van der Waals surface area contributed by atoms with E-state index in [9.17, 15) is 0 Å². The first-order valence-electron chi connectivity index (χ1n) is 3.39. The molecule has 1 fully saturated rings. The van der Waals surface area contributed by atoms with Gasteiger partial charge in [0.05, 0.1) is 0 Å². The van der Waals surface area contributed by atoms with Crippen LogP contribution in [0.5, 0.6) is 0 Å². The first-order chi connectivity index (χ1) is 4.34. The van der Waals surface area contributed by atoms with Gasteiger partial charge in [0, 0.05) is 19.6 Å². The van der Waals surface area contributed by atoms with Gasteiger partial charge in [0.15, 0.2) is 5.96 Å². The number of aliphatic imine (C=N–C) groups is 1. The molecule has 0 amide bonds. The Morgan fingerprint density at radius 3 is 2.67 bits per heavy atom. The third-order valence-corrected chi connectivity index (χ3v) is 1.50. The molecule has 0 aromatic rings. The van der Waals surface area contributed by atoms with Crippen molar-refractivity contribution in [1.82, 2.24) is 4.90 Å². The van der Waals surface area contributed by atoms with E-state index in [4.69, 9.17) is 5.73 Å². The second-order valence-corrected chi connectivity index (χ2v) is 2.17. The summed E-state index contributed by atoms with van der Waals surface area (Å²) in [5, 5.41) is 0. The van der Waals surface area contributed by atoms with Crippen LogP contribution >= 0.6 is 0 Å². The molecule has 0 aromatic heterocycles. The zero-order valence-electron chi connectivity index (χ0n) is 5.80. The highest BCUT2D eigenvalue weighted by Gasteiger charge is 2.14. The number of likely N-dealkylation sites (tertiary alicyclic amines) is 1. The molecule has 1 saturated heterocycles. The van der Waals surface area contributed by atoms with Crippen LogP contribution in [-0.2, 0) is 0 Å². The molecule has 0 radical (unpaired) electrons. The van der Waals surface area contributed by atoms with E-state index >= 15 is 0 Å². The minimum Gasteiger partial charge on any atom is -0.370 e. The summed E-state index contributed by atoms with van der Waals surface area (Å²) in [5.41, 5.74) is 5.57. The van der Waals surface area contributed by atoms with Crippen molar-refractivity contribution in [3.63, 3.8) is 0 Å². The number of hydrogen-bond acceptors (Lipinski definition) is 1. The normalized spacial score (nSPS) is 19.7. The van der Waals surface area contributed by atoms with Crippen LogP contribution < -0.4 is 5.73 Å². The maximum absolute atomic E-state index is 5.57. The Morgan fingerprint density at radius 2 is 2.33 bits per heavy atom. The van der Waals surface area contributed by atoms with Crippen LogP contribution in [0.2, 0.25) is 0 Å². The fourth-order valence-electron chi connectivity index (χ4n) is 0.807. The monoisotopic (exact) mass is 127 g/mol. The van der Waals surface area contributed by atoms with E-state index in [1.165, 1.54) is 6.42 Å². The van der Waals surface area contributed by atoms with E-state index in [0.29, 0.717) is 5.96 Å². The molecule has 0 aliphatic carbocycles. The molecule has 1 aliphatic rings. The molecular formula is C6H13N3. The van der Waals surface area contributed by atoms with Crippen LogP contribution in [0.3, 0.4) is 0 Å². The predicted molar refractivity (Wildman–Crippen MR) is 38.4 cm³/mol. The summed E-state index contributed by atoms with van der Waals surface area (Å²) in [6.45, 7) is 4.97. The van der Waals surface area contributed by atoms with Crippen LogP contribution in [0, 0.1) is 0 Å². The van der Waals surface area contributed by atoms with Gasteiger partial charge in [-0.3, -0.25) is 4.99 Å². The lowest BCUT2D eigenvalue weighted by atomic mass is 10.2. The van der Waals surface area contributed by atoms with Crippen LogP contribution in [0.15, 0.2) is 4.99 Å². The summed E-state index contributed by atoms with van der Waals surface area (Å²) in [4.78, 5) is 6.15. The molecule has 3 nitrogen and oxygen atoms in total. The lowest BCUT2D eigenvalue weighted by Crippen LogP contribution is -2.46. The molecule has 0 atom stereocenters. The van der Waals surface area contributed by atoms with Gasteiger partial charge in [-0.2, -0.15) is 0 Å². The molecule has 0 spiro atoms. The predicted octanol–water partition coefficient (Wildman–Crippen LogP) is 0.0267. The van der Waals surface area contributed by atoms with Crippen molar-refractivity contribution >= 4 is 5.96 Å². The van der Waals surface area contributed by atoms with Gasteiger partial charge in [-0.15, -0.1) is 0 Å². The Morgan fingerprint density at radius 1 is 1.67 bits per heavy atom. The van der Waals surface area contributed by atoms with E-state index < -0.39 is 0 Å². The van der Waals surface area contributed by atoms with Crippen molar-refractivity contribution in [1.29, 1.82) is 0 Å². The fourth-order valence-corrected chi connectivity index (χ4v) is 0.807. The van der Waals surface area contributed by atoms with Crippen molar-refractivity contribution in [2.45, 2.75) is 13.3 Å². The van der Waals surface area contributed by atoms with Crippen molar-refractivity contribution in [2.24, 2.45) is 10.7 Å². The van der Waals surface area contributed by atoms with Gasteiger partial charge in [-0.25, -0.2) is 0 Å². The second kappa shape index (κ2) is 2.71. The largest absolute Gasteiger partial charge is 0.370 e. The zero-order chi connectivity index (χ0) is 6.69. The average Bonchev–Trinajstić information content (AvgIpc) is 1.60. The minimum atomic E-state index is 0.712. The van der Waals surface area contributed by atoms with Gasteiger partial charge in [0.2, 0.25) is 0 Å². The van der Waals surface area contributed by atoms with Gasteiger partial charge >= 0.3 is 0 Å². The van der Waals surface area contributed by atoms with E-state index in [1.807, 2.05) is 6.92 Å². The molecule has 0 bridgehead atoms. The summed E-state index contributed by atoms with van der Waals surface area (Å²) >= 11 is 0. The molecular weight excluding hydrogens is 114 g/mol. The highest BCUT2D eigenvalue weighted by atomic mass is 15.3. The molecule has 1 heterocycles. The summed E-state index contributed by atoms with van der Waals surface area (Å²) < 4.78 is 0. The third-order valence-electron chi connectivity index (χ3n) is 1.50. The zero-order valence-corrected chi connectivity index (χ0v) is 5.80. The summed E-state index contributed by atoms with van der Waals surface area (Å²) in [6, 6.07) is 0. The lowest BCUT2D eigenvalue weighted by molar-refractivity contribution is 0.296. The third kappa shape index (κ3) is 1.34. The maximum atomic E-state index is 5.57. The standard InChI is InChI=1S/C6H13N3/c1-2-8-6(7)9-4-3-5-9/h2-5H2,1H3,(H2,7,8). The molecule has 0 saturated carbocycles. The van der Waals surface area contributed by atoms with Gasteiger partial charge in [-0.05, 0) is 13.3 Å². The number of nitrogens with zero attached hydrogens (tertiary/aromatic N) is 2. The van der Waals surface area contributed by atoms with Crippen LogP contribution in [-0.4, -0.2) is 30.5 Å². The molecule has 1 rings (SSSR count). The summed E-state index contributed by atoms with van der Waals surface area (Å²) in [7, 11) is 0. The average molecular weight is 127 g/mol. The SMILES string of the molecule is CCN=C(N)N1CCC1. The molecule has 1 aliphatic heterocycles. The van der Waals surface area contributed by atoms with Gasteiger partial charge in [0.1, 0.15) is 0 Å². The Bertz CT molecular complexity index is 115. The lowest BCUT2D eigenvalue weighted by Gasteiger charge is -2.31. The molecule has 9 heavy (non-hydrogen) atoms. The fraction of sp³-hybridized carbons (Fsp3) is 0.833. The minimum absolute atomic E-state index is 0.712. The summed E-state index contributed by atoms with van der Waals surface area (Å²) in [5.74, 6) is 0.712. The van der Waals surface area contributed by atoms with E-state index in [-0.39, 0.29) is 0 Å². The number of hydrogen-bond donors (Lipinski definition) is 1. The molecule has 0 aromatic carbocycles. The number of rotatable bonds is 1. The van der Waals surface area contributed by atoms with Crippen molar-refractivity contribution < 1.29 is 0 Å². The first kappa shape index (κ1) is 6.39. The first-order valence-corrected chi connectivity index (χ1v) is 3.39. The molecule has 0 unspecified atom stereocenters. The van der Waals surface area contributed by atoms with Crippen molar-refractivity contribution in [3.05, 3.63) is 0 Å². The Balaban J connectivity index is 2.31. The number of guanidine groups is 1. The quantitative estimate of drug-likeness (QED) is 0.399. The van der Waals surface area contributed by atoms with E-state index in [0.717, 1.165) is 19.6 Å². The molecule has 2 N–H and O–H groups in total. The summed E-state index contributed by atoms with van der Waals surface area (Å²) in [6.07, 6.45) is 1.26. The Labute approximate surface area is 55.6 Å². The van der Waals surface area contributed by atoms with Crippen LogP contribution in [0.25, 0.3) is 0 Å². The molecule has 52 valence electrons. The highest BCUT2D eigenvalue weighted by Crippen LogP contribution is 2.03. The second-order valence-electron chi connectivity index (χ2n) is 2.17. The Kier molecular flexibility index (Phi) is 1.92. The van der Waals surface area contributed by atoms with Crippen molar-refractivity contribution in [2.75, 3.05) is 19.6 Å². The van der Waals surface area contributed by atoms with Gasteiger partial charge in [-0.1, -0.05) is 0 Å². The topological polar surface area (TPSA) is 41.6 Å². The molecule has 3 heteroatoms. The van der Waals surface area contributed by atoms with Crippen LogP contribution in [0.1, 0.15) is 13.3 Å².